The molecule has 258 valence electrons. The third kappa shape index (κ3) is 6.48. The van der Waals surface area contributed by atoms with E-state index in [1.54, 1.807) is 79.7 Å². The van der Waals surface area contributed by atoms with Crippen LogP contribution in [0, 0.1) is 11.6 Å². The van der Waals surface area contributed by atoms with E-state index < -0.39 is 23.7 Å². The lowest BCUT2D eigenvalue weighted by atomic mass is 10.0. The number of rotatable bonds is 5. The van der Waals surface area contributed by atoms with Crippen LogP contribution in [-0.2, 0) is 0 Å². The van der Waals surface area contributed by atoms with Gasteiger partial charge in [-0.3, -0.25) is 14.5 Å². The van der Waals surface area contributed by atoms with Gasteiger partial charge in [0.05, 0.1) is 61.0 Å². The molecule has 12 heteroatoms. The van der Waals surface area contributed by atoms with E-state index in [4.69, 9.17) is 33.9 Å². The fraction of sp³-hybridized carbons (Fsp3) is 0.100. The number of fused-ring (bicyclic) bond motifs is 3. The minimum absolute atomic E-state index is 0.320. The highest BCUT2D eigenvalue weighted by atomic mass is 35.5. The van der Waals surface area contributed by atoms with Gasteiger partial charge in [-0.15, -0.1) is 0 Å². The number of aromatic nitrogens is 4. The largest absolute Gasteiger partial charge is 0.323 e. The molecule has 0 spiro atoms. The molecule has 2 N–H and O–H groups in total. The van der Waals surface area contributed by atoms with Gasteiger partial charge in [-0.1, -0.05) is 71.7 Å². The lowest BCUT2D eigenvalue weighted by molar-refractivity contribution is 0.0592. The summed E-state index contributed by atoms with van der Waals surface area (Å²) in [6, 6.07) is 28.4. The van der Waals surface area contributed by atoms with Crippen LogP contribution in [-0.4, -0.2) is 36.7 Å². The second kappa shape index (κ2) is 14.1. The number of carbonyl (C=O) groups excluding carboxylic acids is 2. The molecule has 0 aliphatic carbocycles. The molecule has 0 saturated carbocycles. The van der Waals surface area contributed by atoms with Gasteiger partial charge in [0.1, 0.15) is 22.7 Å². The molecule has 0 saturated heterocycles. The SMILES string of the molecule is CC(N)c1nc2cccc(Cl)c2nc1-c1cccc(F)c1.CC(c1nc2cccc(Cl)c2nc1-c1cccc(F)c1)N1C(=O)c2ccccc2C1=O. The molecule has 2 amide bonds. The Morgan fingerprint density at radius 3 is 1.50 bits per heavy atom. The van der Waals surface area contributed by atoms with Crippen LogP contribution >= 0.6 is 23.2 Å². The zero-order valence-corrected chi connectivity index (χ0v) is 29.2. The standard InChI is InChI=1S/C24H15ClFN3O2.C16H13ClFN3/c1-13(29-23(30)16-8-2-3-9-17(16)24(29)31)20-21(14-6-4-7-15(26)12-14)28-22-18(25)10-5-11-19(22)27-20;1-9(19)14-15(10-4-2-5-11(18)8-10)21-16-12(17)6-3-7-13(16)20-14/h2-13H,1H3;2-9H,19H2,1H3. The summed E-state index contributed by atoms with van der Waals surface area (Å²) in [5.74, 6) is -1.56. The Bertz CT molecular complexity index is 2510. The number of imide groups is 1. The molecule has 5 aromatic carbocycles. The first-order chi connectivity index (χ1) is 25.0. The van der Waals surface area contributed by atoms with E-state index in [0.717, 1.165) is 0 Å². The number of para-hydroxylation sites is 2. The fourth-order valence-corrected chi connectivity index (χ4v) is 6.52. The third-order valence-corrected chi connectivity index (χ3v) is 9.19. The molecule has 0 radical (unpaired) electrons. The molecule has 8 nitrogen and oxygen atoms in total. The van der Waals surface area contributed by atoms with Crippen molar-refractivity contribution in [1.29, 1.82) is 0 Å². The predicted octanol–water partition coefficient (Wildman–Crippen LogP) is 9.56. The minimum atomic E-state index is -0.735. The molecule has 2 atom stereocenters. The van der Waals surface area contributed by atoms with Crippen LogP contribution in [0.15, 0.2) is 109 Å². The number of nitrogens with zero attached hydrogens (tertiary/aromatic N) is 5. The van der Waals surface area contributed by atoms with Gasteiger partial charge in [0.15, 0.2) is 0 Å². The first-order valence-electron chi connectivity index (χ1n) is 16.2. The van der Waals surface area contributed by atoms with Crippen LogP contribution in [0.5, 0.6) is 0 Å². The van der Waals surface area contributed by atoms with Crippen LogP contribution in [0.1, 0.15) is 58.0 Å². The summed E-state index contributed by atoms with van der Waals surface area (Å²) in [6.45, 7) is 3.54. The van der Waals surface area contributed by atoms with Crippen LogP contribution in [0.4, 0.5) is 8.78 Å². The molecular formula is C40H28Cl2F2N6O2. The molecule has 52 heavy (non-hydrogen) atoms. The topological polar surface area (TPSA) is 115 Å². The van der Waals surface area contributed by atoms with Crippen LogP contribution in [0.3, 0.4) is 0 Å². The summed E-state index contributed by atoms with van der Waals surface area (Å²) in [5, 5.41) is 0.913. The van der Waals surface area contributed by atoms with E-state index in [2.05, 4.69) is 15.0 Å². The van der Waals surface area contributed by atoms with E-state index in [1.807, 2.05) is 19.1 Å². The Kier molecular flexibility index (Phi) is 9.46. The monoisotopic (exact) mass is 732 g/mol. The number of carbonyl (C=O) groups is 2. The van der Waals surface area contributed by atoms with Gasteiger partial charge in [0.2, 0.25) is 0 Å². The second-order valence-electron chi connectivity index (χ2n) is 12.1. The Balaban J connectivity index is 0.000000175. The van der Waals surface area contributed by atoms with Crippen molar-refractivity contribution < 1.29 is 18.4 Å². The van der Waals surface area contributed by atoms with Gasteiger partial charge >= 0.3 is 0 Å². The Morgan fingerprint density at radius 2 is 1.04 bits per heavy atom. The van der Waals surface area contributed by atoms with E-state index in [9.17, 15) is 18.4 Å². The highest BCUT2D eigenvalue weighted by Crippen LogP contribution is 2.36. The maximum Gasteiger partial charge on any atom is 0.262 e. The number of hydrogen-bond donors (Lipinski definition) is 1. The highest BCUT2D eigenvalue weighted by Gasteiger charge is 2.40. The van der Waals surface area contributed by atoms with Crippen molar-refractivity contribution in [2.24, 2.45) is 5.73 Å². The van der Waals surface area contributed by atoms with Gasteiger partial charge in [0, 0.05) is 17.2 Å². The Morgan fingerprint density at radius 1 is 0.596 bits per heavy atom. The van der Waals surface area contributed by atoms with Crippen molar-refractivity contribution in [1.82, 2.24) is 24.8 Å². The van der Waals surface area contributed by atoms with Crippen molar-refractivity contribution >= 4 is 57.1 Å². The van der Waals surface area contributed by atoms with Crippen LogP contribution in [0.2, 0.25) is 10.0 Å². The van der Waals surface area contributed by atoms with Crippen molar-refractivity contribution in [3.05, 3.63) is 153 Å². The highest BCUT2D eigenvalue weighted by molar-refractivity contribution is 6.35. The summed E-state index contributed by atoms with van der Waals surface area (Å²) in [5.41, 5.74) is 12.0. The number of nitrogens with two attached hydrogens (primary N) is 1. The molecule has 8 rings (SSSR count). The lowest BCUT2D eigenvalue weighted by Gasteiger charge is -2.24. The van der Waals surface area contributed by atoms with Crippen LogP contribution in [0.25, 0.3) is 44.6 Å². The van der Waals surface area contributed by atoms with Gasteiger partial charge in [-0.05, 0) is 74.5 Å². The molecule has 1 aliphatic rings. The van der Waals surface area contributed by atoms with Gasteiger partial charge in [-0.25, -0.2) is 28.7 Å². The van der Waals surface area contributed by atoms with E-state index in [-0.39, 0.29) is 11.9 Å². The molecule has 2 aromatic heterocycles. The zero-order valence-electron chi connectivity index (χ0n) is 27.7. The maximum absolute atomic E-state index is 14.0. The minimum Gasteiger partial charge on any atom is -0.323 e. The Labute approximate surface area is 306 Å². The molecule has 3 heterocycles. The number of benzene rings is 5. The predicted molar refractivity (Wildman–Crippen MR) is 198 cm³/mol. The fourth-order valence-electron chi connectivity index (χ4n) is 6.10. The van der Waals surface area contributed by atoms with E-state index in [1.165, 1.54) is 29.2 Å². The average molecular weight is 734 g/mol. The van der Waals surface area contributed by atoms with Crippen molar-refractivity contribution in [3.63, 3.8) is 0 Å². The van der Waals surface area contributed by atoms with Gasteiger partial charge < -0.3 is 5.73 Å². The first kappa shape index (κ1) is 34.8. The molecule has 0 bridgehead atoms. The summed E-state index contributed by atoms with van der Waals surface area (Å²) >= 11 is 12.5. The maximum atomic E-state index is 14.0. The Hall–Kier alpha value is -5.68. The zero-order chi connectivity index (χ0) is 36.7. The van der Waals surface area contributed by atoms with Crippen molar-refractivity contribution in [3.8, 4) is 22.5 Å². The molecule has 1 aliphatic heterocycles. The van der Waals surface area contributed by atoms with Gasteiger partial charge in [0.25, 0.3) is 11.8 Å². The average Bonchev–Trinajstić information content (AvgIpc) is 3.39. The first-order valence-corrected chi connectivity index (χ1v) is 16.9. The van der Waals surface area contributed by atoms with Crippen LogP contribution < -0.4 is 5.73 Å². The second-order valence-corrected chi connectivity index (χ2v) is 13.0. The van der Waals surface area contributed by atoms with Gasteiger partial charge in [-0.2, -0.15) is 0 Å². The summed E-state index contributed by atoms with van der Waals surface area (Å²) in [6.07, 6.45) is 0. The third-order valence-electron chi connectivity index (χ3n) is 8.58. The number of amides is 2. The normalized spacial score (nSPS) is 13.6. The summed E-state index contributed by atoms with van der Waals surface area (Å²) in [7, 11) is 0. The van der Waals surface area contributed by atoms with Crippen molar-refractivity contribution in [2.75, 3.05) is 0 Å². The quantitative estimate of drug-likeness (QED) is 0.175. The molecular weight excluding hydrogens is 705 g/mol. The smallest absolute Gasteiger partial charge is 0.262 e. The lowest BCUT2D eigenvalue weighted by Crippen LogP contribution is -2.33. The molecule has 2 unspecified atom stereocenters. The summed E-state index contributed by atoms with van der Waals surface area (Å²) in [4.78, 5) is 45.7. The molecule has 7 aromatic rings. The van der Waals surface area contributed by atoms with E-state index >= 15 is 0 Å². The number of halogens is 4. The van der Waals surface area contributed by atoms with E-state index in [0.29, 0.717) is 77.1 Å². The summed E-state index contributed by atoms with van der Waals surface area (Å²) < 4.78 is 27.5. The number of hydrogen-bond acceptors (Lipinski definition) is 7. The van der Waals surface area contributed by atoms with Crippen molar-refractivity contribution in [2.45, 2.75) is 25.9 Å². The molecule has 0 fully saturated rings.